The van der Waals surface area contributed by atoms with E-state index in [-0.39, 0.29) is 24.8 Å². The van der Waals surface area contributed by atoms with Gasteiger partial charge in [0.2, 0.25) is 0 Å². The van der Waals surface area contributed by atoms with Crippen molar-refractivity contribution in [3.63, 3.8) is 0 Å². The van der Waals surface area contributed by atoms with Gasteiger partial charge in [0.25, 0.3) is 0 Å². The molecule has 2 amide bonds. The Morgan fingerprint density at radius 1 is 1.22 bits per heavy atom. The van der Waals surface area contributed by atoms with Crippen LogP contribution in [-0.4, -0.2) is 53.3 Å². The molecule has 6 nitrogen and oxygen atoms in total. The Morgan fingerprint density at radius 2 is 1.93 bits per heavy atom. The number of likely N-dealkylation sites (tertiary alicyclic amines) is 1. The van der Waals surface area contributed by atoms with Crippen LogP contribution in [0.1, 0.15) is 52.5 Å². The van der Waals surface area contributed by atoms with Crippen LogP contribution in [0.25, 0.3) is 0 Å². The van der Waals surface area contributed by atoms with Crippen LogP contribution in [0, 0.1) is 0 Å². The summed E-state index contributed by atoms with van der Waals surface area (Å²) in [5.41, 5.74) is 0.423. The number of carbonyl (C=O) groups is 2. The molecule has 1 atom stereocenters. The average Bonchev–Trinajstić information content (AvgIpc) is 2.63. The van der Waals surface area contributed by atoms with Gasteiger partial charge in [0.05, 0.1) is 6.04 Å². The molecule has 27 heavy (non-hydrogen) atoms. The van der Waals surface area contributed by atoms with Crippen LogP contribution < -0.4 is 0 Å². The maximum absolute atomic E-state index is 12.6. The van der Waals surface area contributed by atoms with Gasteiger partial charge in [-0.25, -0.2) is 9.59 Å². The molecule has 0 saturated carbocycles. The van der Waals surface area contributed by atoms with Crippen molar-refractivity contribution in [3.8, 4) is 0 Å². The molecule has 1 aliphatic rings. The Morgan fingerprint density at radius 3 is 2.56 bits per heavy atom. The van der Waals surface area contributed by atoms with E-state index in [1.807, 2.05) is 58.0 Å². The van der Waals surface area contributed by atoms with Crippen molar-refractivity contribution in [1.82, 2.24) is 9.80 Å². The van der Waals surface area contributed by atoms with E-state index in [1.165, 1.54) is 0 Å². The Balaban J connectivity index is 1.95. The third-order valence-corrected chi connectivity index (χ3v) is 4.39. The third kappa shape index (κ3) is 6.77. The highest BCUT2D eigenvalue weighted by molar-refractivity contribution is 5.70. The molecule has 0 aromatic heterocycles. The van der Waals surface area contributed by atoms with Crippen LogP contribution >= 0.6 is 0 Å². The molecule has 1 aromatic rings. The molecule has 6 heteroatoms. The Hall–Kier alpha value is -2.24. The molecule has 1 aliphatic heterocycles. The molecule has 0 bridgehead atoms. The fraction of sp³-hybridized carbons (Fsp3) is 0.619. The lowest BCUT2D eigenvalue weighted by Crippen LogP contribution is -2.53. The van der Waals surface area contributed by atoms with E-state index in [2.05, 4.69) is 0 Å². The zero-order valence-corrected chi connectivity index (χ0v) is 16.9. The van der Waals surface area contributed by atoms with Gasteiger partial charge in [-0.1, -0.05) is 37.3 Å². The third-order valence-electron chi connectivity index (χ3n) is 4.39. The standard InChI is InChI=1S/C21H32N2O4/c1-5-13-23(20(25)27-21(2,3)4)18-12-9-14-22(15-18)19(24)26-16-17-10-7-6-8-11-17/h6-8,10-11,18H,5,9,12-16H2,1-4H3. The van der Waals surface area contributed by atoms with Gasteiger partial charge in [-0.15, -0.1) is 0 Å². The maximum Gasteiger partial charge on any atom is 0.410 e. The number of hydrogen-bond donors (Lipinski definition) is 0. The first kappa shape index (κ1) is 21.1. The van der Waals surface area contributed by atoms with Gasteiger partial charge in [-0.2, -0.15) is 0 Å². The molecule has 0 spiro atoms. The van der Waals surface area contributed by atoms with Gasteiger partial charge in [0.1, 0.15) is 12.2 Å². The minimum Gasteiger partial charge on any atom is -0.445 e. The Labute approximate surface area is 162 Å². The van der Waals surface area contributed by atoms with Gasteiger partial charge in [0, 0.05) is 19.6 Å². The molecule has 1 aromatic carbocycles. The lowest BCUT2D eigenvalue weighted by Gasteiger charge is -2.39. The number of nitrogens with zero attached hydrogens (tertiary/aromatic N) is 2. The highest BCUT2D eigenvalue weighted by Crippen LogP contribution is 2.20. The summed E-state index contributed by atoms with van der Waals surface area (Å²) in [5.74, 6) is 0. The summed E-state index contributed by atoms with van der Waals surface area (Å²) < 4.78 is 11.0. The first-order chi connectivity index (χ1) is 12.8. The van der Waals surface area contributed by atoms with Crippen molar-refractivity contribution >= 4 is 12.2 Å². The van der Waals surface area contributed by atoms with Gasteiger partial charge in [0.15, 0.2) is 0 Å². The van der Waals surface area contributed by atoms with Crippen LogP contribution in [-0.2, 0) is 16.1 Å². The second-order valence-electron chi connectivity index (χ2n) is 7.96. The lowest BCUT2D eigenvalue weighted by molar-refractivity contribution is 0.00483. The molecule has 1 heterocycles. The molecular formula is C21H32N2O4. The summed E-state index contributed by atoms with van der Waals surface area (Å²) in [6, 6.07) is 9.58. The van der Waals surface area contributed by atoms with E-state index in [4.69, 9.17) is 9.47 Å². The zero-order valence-electron chi connectivity index (χ0n) is 16.9. The molecule has 1 saturated heterocycles. The molecule has 1 unspecified atom stereocenters. The predicted octanol–water partition coefficient (Wildman–Crippen LogP) is 4.43. The second-order valence-corrected chi connectivity index (χ2v) is 7.96. The number of rotatable bonds is 5. The minimum absolute atomic E-state index is 0.0437. The Kier molecular flexibility index (Phi) is 7.51. The van der Waals surface area contributed by atoms with Gasteiger partial charge in [-0.3, -0.25) is 0 Å². The number of carbonyl (C=O) groups excluding carboxylic acids is 2. The highest BCUT2D eigenvalue weighted by Gasteiger charge is 2.33. The van der Waals surface area contributed by atoms with Crippen molar-refractivity contribution in [2.75, 3.05) is 19.6 Å². The first-order valence-corrected chi connectivity index (χ1v) is 9.75. The van der Waals surface area contributed by atoms with Crippen LogP contribution in [0.15, 0.2) is 30.3 Å². The molecule has 1 fully saturated rings. The smallest absolute Gasteiger partial charge is 0.410 e. The first-order valence-electron chi connectivity index (χ1n) is 9.75. The Bertz CT molecular complexity index is 612. The summed E-state index contributed by atoms with van der Waals surface area (Å²) in [7, 11) is 0. The molecule has 150 valence electrons. The summed E-state index contributed by atoms with van der Waals surface area (Å²) in [5, 5.41) is 0. The normalized spacial score (nSPS) is 17.3. The van der Waals surface area contributed by atoms with Crippen LogP contribution in [0.3, 0.4) is 0 Å². The lowest BCUT2D eigenvalue weighted by atomic mass is 10.0. The number of benzene rings is 1. The van der Waals surface area contributed by atoms with Crippen molar-refractivity contribution in [2.24, 2.45) is 0 Å². The molecule has 2 rings (SSSR count). The number of ether oxygens (including phenoxy) is 2. The van der Waals surface area contributed by atoms with E-state index < -0.39 is 5.60 Å². The average molecular weight is 376 g/mol. The fourth-order valence-electron chi connectivity index (χ4n) is 3.17. The summed E-state index contributed by atoms with van der Waals surface area (Å²) in [6.07, 6.45) is 1.90. The van der Waals surface area contributed by atoms with E-state index in [0.717, 1.165) is 24.8 Å². The van der Waals surface area contributed by atoms with Crippen LogP contribution in [0.2, 0.25) is 0 Å². The van der Waals surface area contributed by atoms with Crippen molar-refractivity contribution in [2.45, 2.75) is 65.2 Å². The molecule has 0 aliphatic carbocycles. The largest absolute Gasteiger partial charge is 0.445 e. The molecule has 0 N–H and O–H groups in total. The fourth-order valence-corrected chi connectivity index (χ4v) is 3.17. The van der Waals surface area contributed by atoms with E-state index in [9.17, 15) is 9.59 Å². The summed E-state index contributed by atoms with van der Waals surface area (Å²) in [6.45, 7) is 9.63. The predicted molar refractivity (Wildman–Crippen MR) is 104 cm³/mol. The van der Waals surface area contributed by atoms with Crippen molar-refractivity contribution in [1.29, 1.82) is 0 Å². The van der Waals surface area contributed by atoms with Crippen LogP contribution in [0.4, 0.5) is 9.59 Å². The molecular weight excluding hydrogens is 344 g/mol. The minimum atomic E-state index is -0.536. The van der Waals surface area contributed by atoms with Crippen molar-refractivity contribution < 1.29 is 19.1 Å². The topological polar surface area (TPSA) is 59.1 Å². The SMILES string of the molecule is CCCN(C(=O)OC(C)(C)C)C1CCCN(C(=O)OCc2ccccc2)C1. The summed E-state index contributed by atoms with van der Waals surface area (Å²) in [4.78, 5) is 28.5. The van der Waals surface area contributed by atoms with E-state index in [0.29, 0.717) is 19.6 Å². The van der Waals surface area contributed by atoms with E-state index >= 15 is 0 Å². The monoisotopic (exact) mass is 376 g/mol. The van der Waals surface area contributed by atoms with Gasteiger partial charge in [-0.05, 0) is 45.6 Å². The van der Waals surface area contributed by atoms with Gasteiger partial charge >= 0.3 is 12.2 Å². The van der Waals surface area contributed by atoms with E-state index in [1.54, 1.807) is 9.80 Å². The van der Waals surface area contributed by atoms with Crippen LogP contribution in [0.5, 0.6) is 0 Å². The number of hydrogen-bond acceptors (Lipinski definition) is 4. The van der Waals surface area contributed by atoms with Gasteiger partial charge < -0.3 is 19.3 Å². The van der Waals surface area contributed by atoms with Crippen molar-refractivity contribution in [3.05, 3.63) is 35.9 Å². The maximum atomic E-state index is 12.6. The molecule has 0 radical (unpaired) electrons. The zero-order chi connectivity index (χ0) is 19.9. The number of amides is 2. The highest BCUT2D eigenvalue weighted by atomic mass is 16.6. The quantitative estimate of drug-likeness (QED) is 0.762. The number of piperidine rings is 1. The summed E-state index contributed by atoms with van der Waals surface area (Å²) >= 11 is 0. The second kappa shape index (κ2) is 9.62.